The molecule has 68 heavy (non-hydrogen) atoms. The number of esters is 4. The highest BCUT2D eigenvalue weighted by Gasteiger charge is 2.78. The van der Waals surface area contributed by atoms with Gasteiger partial charge in [-0.25, -0.2) is 14.4 Å². The number of Topliss-reactive ketones (excluding diaryl/α,β-unsaturated/α-hetero) is 1. The molecule has 3 fully saturated rings. The molecule has 0 aromatic heterocycles. The number of ketones is 1. The van der Waals surface area contributed by atoms with E-state index in [9.17, 15) is 34.2 Å². The van der Waals surface area contributed by atoms with Crippen LogP contribution in [0, 0.1) is 16.7 Å². The lowest BCUT2D eigenvalue weighted by molar-refractivity contribution is -0.346. The van der Waals surface area contributed by atoms with Crippen LogP contribution in [0.5, 0.6) is 0 Å². The van der Waals surface area contributed by atoms with E-state index in [1.165, 1.54) is 58.0 Å². The van der Waals surface area contributed by atoms with Gasteiger partial charge in [-0.1, -0.05) is 93.2 Å². The van der Waals surface area contributed by atoms with Gasteiger partial charge in [-0.15, -0.1) is 0 Å². The average Bonchev–Trinajstić information content (AvgIpc) is 3.30. The molecule has 0 spiro atoms. The number of carbonyl (C=O) groups excluding carboxylic acids is 7. The normalized spacial score (nSPS) is 29.9. The molecule has 1 heterocycles. The van der Waals surface area contributed by atoms with Crippen molar-refractivity contribution in [2.24, 2.45) is 16.7 Å². The molecule has 17 heteroatoms. The van der Waals surface area contributed by atoms with Crippen LogP contribution in [-0.2, 0) is 52.3 Å². The van der Waals surface area contributed by atoms with E-state index < -0.39 is 119 Å². The van der Waals surface area contributed by atoms with Crippen molar-refractivity contribution in [3.63, 3.8) is 0 Å². The van der Waals surface area contributed by atoms with Crippen LogP contribution in [0.1, 0.15) is 86.7 Å². The lowest BCUT2D eigenvalue weighted by Crippen LogP contribution is -2.82. The van der Waals surface area contributed by atoms with Gasteiger partial charge in [0.05, 0.1) is 29.6 Å². The molecule has 1 aliphatic heterocycles. The van der Waals surface area contributed by atoms with Gasteiger partial charge in [0.25, 0.3) is 5.91 Å². The molecule has 360 valence electrons. The fourth-order valence-electron chi connectivity index (χ4n) is 10.5. The largest absolute Gasteiger partial charge is 0.509 e. The first-order chi connectivity index (χ1) is 32.2. The fourth-order valence-corrected chi connectivity index (χ4v) is 10.5. The molecule has 11 atom stereocenters. The molecule has 4 aliphatic rings. The summed E-state index contributed by atoms with van der Waals surface area (Å²) in [6, 6.07) is 22.5. The molecule has 3 aromatic carbocycles. The molecule has 3 N–H and O–H groups in total. The van der Waals surface area contributed by atoms with Crippen molar-refractivity contribution in [2.45, 2.75) is 108 Å². The summed E-state index contributed by atoms with van der Waals surface area (Å²) < 4.78 is 41.4. The Morgan fingerprint density at radius 2 is 1.47 bits per heavy atom. The number of carbonyl (C=O) groups is 7. The van der Waals surface area contributed by atoms with Gasteiger partial charge in [0, 0.05) is 37.7 Å². The zero-order chi connectivity index (χ0) is 49.3. The Hall–Kier alpha value is -6.69. The Kier molecular flexibility index (Phi) is 13.8. The zero-order valence-electron chi connectivity index (χ0n) is 38.5. The number of amides is 1. The van der Waals surface area contributed by atoms with Gasteiger partial charge in [-0.2, -0.15) is 0 Å². The van der Waals surface area contributed by atoms with Crippen LogP contribution in [0.25, 0.3) is 0 Å². The van der Waals surface area contributed by atoms with Crippen molar-refractivity contribution >= 4 is 41.7 Å². The summed E-state index contributed by atoms with van der Waals surface area (Å²) in [6.45, 7) is 11.1. The minimum absolute atomic E-state index is 0.0413. The van der Waals surface area contributed by atoms with E-state index in [1.54, 1.807) is 66.7 Å². The highest BCUT2D eigenvalue weighted by molar-refractivity contribution is 5.96. The highest BCUT2D eigenvalue weighted by atomic mass is 16.7. The number of rotatable bonds is 13. The molecular formula is C51H55NO16. The Balaban J connectivity index is 1.42. The Morgan fingerprint density at radius 3 is 2.03 bits per heavy atom. The van der Waals surface area contributed by atoms with Gasteiger partial charge in [-0.05, 0) is 54.8 Å². The number of aliphatic hydroxyl groups excluding tert-OH is 1. The quantitative estimate of drug-likeness (QED) is 0.115. The third-order valence-corrected chi connectivity index (χ3v) is 14.0. The van der Waals surface area contributed by atoms with Crippen molar-refractivity contribution in [1.29, 1.82) is 0 Å². The Morgan fingerprint density at radius 1 is 0.868 bits per heavy atom. The Labute approximate surface area is 392 Å². The van der Waals surface area contributed by atoms with Gasteiger partial charge in [0.2, 0.25) is 6.10 Å². The maximum absolute atomic E-state index is 15.7. The minimum atomic E-state index is -2.47. The fraction of sp³-hybridized carbons (Fsp3) is 0.431. The van der Waals surface area contributed by atoms with E-state index in [-0.39, 0.29) is 41.9 Å². The molecule has 1 saturated heterocycles. The third-order valence-electron chi connectivity index (χ3n) is 14.0. The van der Waals surface area contributed by atoms with Crippen LogP contribution in [0.4, 0.5) is 4.79 Å². The van der Waals surface area contributed by atoms with E-state index >= 15 is 9.59 Å². The molecule has 1 amide bonds. The molecule has 3 unspecified atom stereocenters. The summed E-state index contributed by atoms with van der Waals surface area (Å²) in [5.74, 6) is -7.11. The Bertz CT molecular complexity index is 2490. The first kappa shape index (κ1) is 49.2. The van der Waals surface area contributed by atoms with Crippen LogP contribution in [-0.4, -0.2) is 113 Å². The van der Waals surface area contributed by atoms with E-state index in [2.05, 4.69) is 11.9 Å². The maximum atomic E-state index is 15.7. The van der Waals surface area contributed by atoms with E-state index in [0.29, 0.717) is 5.56 Å². The van der Waals surface area contributed by atoms with Gasteiger partial charge in [0.15, 0.2) is 17.5 Å². The van der Waals surface area contributed by atoms with Crippen LogP contribution in [0.2, 0.25) is 0 Å². The first-order valence-electron chi connectivity index (χ1n) is 22.2. The summed E-state index contributed by atoms with van der Waals surface area (Å²) >= 11 is 0. The molecule has 17 nitrogen and oxygen atoms in total. The van der Waals surface area contributed by atoms with Crippen molar-refractivity contribution in [2.75, 3.05) is 13.2 Å². The molecule has 0 radical (unpaired) electrons. The molecule has 3 aromatic rings. The summed E-state index contributed by atoms with van der Waals surface area (Å²) in [4.78, 5) is 98.4. The van der Waals surface area contributed by atoms with Crippen molar-refractivity contribution < 1.29 is 76.9 Å². The number of fused-ring (bicyclic) bond motifs is 5. The second-order valence-corrected chi connectivity index (χ2v) is 18.3. The number of nitrogens with one attached hydrogen (secondary N) is 1. The van der Waals surface area contributed by atoms with Gasteiger partial charge in [0.1, 0.15) is 36.6 Å². The first-order valence-corrected chi connectivity index (χ1v) is 22.2. The maximum Gasteiger partial charge on any atom is 0.509 e. The van der Waals surface area contributed by atoms with Gasteiger partial charge >= 0.3 is 30.0 Å². The van der Waals surface area contributed by atoms with Crippen LogP contribution < -0.4 is 5.32 Å². The summed E-state index contributed by atoms with van der Waals surface area (Å²) in [6.07, 6.45) is -10.9. The standard InChI is InChI=1S/C51H55NO16/c1-8-24-62-47(60)66-40(38(31-18-12-9-13-19-31)52-44(57)32-20-14-10-15-21-32)46(59)65-34-26-51(61)43(67-45(58)33-22-16-11-17-23-33)41-49(7,35(55)25-36-50(41,27-63-36)68-30(4)54)42(56)39(64-29(3)53)37(28(34)2)48(51,5)6/h8-23,34-36,38-41,43,55,61H,1,24-27H2,2-7H3,(H,52,57)/t34-,35-,36?,38+,39?,40+,41?,43-,49+,50-,51+/m0/s1. The molecule has 3 aliphatic carbocycles. The summed E-state index contributed by atoms with van der Waals surface area (Å²) in [7, 11) is 0. The van der Waals surface area contributed by atoms with Crippen molar-refractivity contribution in [3.05, 3.63) is 131 Å². The summed E-state index contributed by atoms with van der Waals surface area (Å²) in [5, 5.41) is 28.8. The number of hydrogen-bond donors (Lipinski definition) is 3. The highest BCUT2D eigenvalue weighted by Crippen LogP contribution is 2.64. The minimum Gasteiger partial charge on any atom is -0.455 e. The third kappa shape index (κ3) is 8.69. The average molecular weight is 938 g/mol. The van der Waals surface area contributed by atoms with E-state index in [0.717, 1.165) is 13.8 Å². The predicted molar refractivity (Wildman–Crippen MR) is 238 cm³/mol. The lowest BCUT2D eigenvalue weighted by Gasteiger charge is -2.67. The predicted octanol–water partition coefficient (Wildman–Crippen LogP) is 5.08. The SMILES string of the molecule is C=CCOC(=O)O[C@@H](C(=O)O[C@H]1C[C@@]2(O)[C@@H](OC(=O)c3ccccc3)C3[C@]4(OC(C)=O)COC4C[C@H](O)[C@@]3(C)C(=O)C(OC(C)=O)C(=C1C)C2(C)C)[C@H](NC(=O)c1ccccc1)c1ccccc1. The molecule has 7 rings (SSSR count). The lowest BCUT2D eigenvalue weighted by atomic mass is 9.44. The van der Waals surface area contributed by atoms with E-state index in [4.69, 9.17) is 33.2 Å². The van der Waals surface area contributed by atoms with Crippen LogP contribution >= 0.6 is 0 Å². The second kappa shape index (κ2) is 19.1. The van der Waals surface area contributed by atoms with Crippen molar-refractivity contribution in [3.8, 4) is 0 Å². The monoisotopic (exact) mass is 937 g/mol. The summed E-state index contributed by atoms with van der Waals surface area (Å²) in [5.41, 5.74) is -7.50. The van der Waals surface area contributed by atoms with Crippen LogP contribution in [0.3, 0.4) is 0 Å². The topological polar surface area (TPSA) is 237 Å². The van der Waals surface area contributed by atoms with Gasteiger partial charge in [-0.3, -0.25) is 19.2 Å². The smallest absolute Gasteiger partial charge is 0.455 e. The van der Waals surface area contributed by atoms with Crippen LogP contribution in [0.15, 0.2) is 115 Å². The molecule has 2 saturated carbocycles. The van der Waals surface area contributed by atoms with E-state index in [1.807, 2.05) is 0 Å². The number of aliphatic hydroxyl groups is 2. The van der Waals surface area contributed by atoms with Gasteiger partial charge < -0.3 is 48.7 Å². The molecular weight excluding hydrogens is 883 g/mol. The second-order valence-electron chi connectivity index (χ2n) is 18.3. The number of ether oxygens (including phenoxy) is 7. The molecule has 2 bridgehead atoms. The number of hydrogen-bond acceptors (Lipinski definition) is 16. The van der Waals surface area contributed by atoms with Crippen molar-refractivity contribution in [1.82, 2.24) is 5.32 Å². The number of benzene rings is 3. The zero-order valence-corrected chi connectivity index (χ0v) is 38.5.